The zero-order chi connectivity index (χ0) is 14.2. The van der Waals surface area contributed by atoms with Gasteiger partial charge in [0.25, 0.3) is 0 Å². The summed E-state index contributed by atoms with van der Waals surface area (Å²) >= 11 is 1.82. The highest BCUT2D eigenvalue weighted by Gasteiger charge is 2.35. The number of nitrogens with one attached hydrogen (secondary N) is 4. The number of rotatable bonds is 2. The van der Waals surface area contributed by atoms with Gasteiger partial charge in [0, 0.05) is 37.2 Å². The van der Waals surface area contributed by atoms with Gasteiger partial charge in [-0.3, -0.25) is 25.8 Å². The predicted octanol–water partition coefficient (Wildman–Crippen LogP) is -0.987. The van der Waals surface area contributed by atoms with Gasteiger partial charge in [-0.15, -0.1) is 0 Å². The van der Waals surface area contributed by atoms with Crippen LogP contribution < -0.4 is 21.3 Å². The van der Waals surface area contributed by atoms with Gasteiger partial charge in [-0.2, -0.15) is 0 Å². The Morgan fingerprint density at radius 3 is 3.14 bits per heavy atom. The van der Waals surface area contributed by atoms with E-state index in [0.717, 1.165) is 25.6 Å². The van der Waals surface area contributed by atoms with Gasteiger partial charge < -0.3 is 10.2 Å². The Morgan fingerprint density at radius 1 is 1.33 bits per heavy atom. The van der Waals surface area contributed by atoms with Gasteiger partial charge in [-0.05, 0) is 12.5 Å². The average molecular weight is 307 g/mol. The van der Waals surface area contributed by atoms with Crippen LogP contribution in [0.4, 0.5) is 0 Å². The number of aliphatic imine (C=N–C) groups is 1. The summed E-state index contributed by atoms with van der Waals surface area (Å²) in [5.74, 6) is 0. The Bertz CT molecular complexity index is 503. The molecule has 0 amide bonds. The van der Waals surface area contributed by atoms with Crippen LogP contribution in [-0.2, 0) is 0 Å². The fraction of sp³-hybridized carbons (Fsp3) is 0.615. The van der Waals surface area contributed by atoms with Gasteiger partial charge in [-0.25, -0.2) is 0 Å². The molecule has 3 atom stereocenters. The second-order valence-electron chi connectivity index (χ2n) is 5.63. The van der Waals surface area contributed by atoms with Gasteiger partial charge in [0.1, 0.15) is 12.3 Å². The van der Waals surface area contributed by atoms with E-state index in [1.807, 2.05) is 11.8 Å². The van der Waals surface area contributed by atoms with E-state index in [2.05, 4.69) is 60.9 Å². The summed E-state index contributed by atoms with van der Waals surface area (Å²) in [6.45, 7) is 3.45. The summed E-state index contributed by atoms with van der Waals surface area (Å²) in [7, 11) is 2.17. The molecule has 4 aliphatic heterocycles. The molecule has 4 N–H and O–H groups in total. The zero-order valence-corrected chi connectivity index (χ0v) is 12.9. The van der Waals surface area contributed by atoms with Crippen molar-refractivity contribution in [1.82, 2.24) is 31.1 Å². The van der Waals surface area contributed by atoms with Crippen LogP contribution in [0.15, 0.2) is 27.7 Å². The summed E-state index contributed by atoms with van der Waals surface area (Å²) in [5, 5.41) is 15.8. The molecule has 0 aromatic rings. The van der Waals surface area contributed by atoms with Crippen LogP contribution in [0.2, 0.25) is 0 Å². The van der Waals surface area contributed by atoms with Crippen LogP contribution in [0.3, 0.4) is 0 Å². The normalized spacial score (nSPS) is 36.6. The molecule has 0 saturated carbocycles. The standard InChI is InChI=1S/C13H21N7S/c1-19-8-14-4-9(19)10-5-20(2-3-21-10)13-11-12(16-6-15-11)17-7-18-13/h2-3,5,9,12-14,16-18H,4,6-8H2,1H3. The van der Waals surface area contributed by atoms with Gasteiger partial charge in [0.2, 0.25) is 0 Å². The zero-order valence-electron chi connectivity index (χ0n) is 12.0. The fourth-order valence-electron chi connectivity index (χ4n) is 3.15. The molecule has 21 heavy (non-hydrogen) atoms. The molecule has 3 unspecified atom stereocenters. The third kappa shape index (κ3) is 2.52. The molecule has 4 heterocycles. The third-order valence-electron chi connectivity index (χ3n) is 4.31. The lowest BCUT2D eigenvalue weighted by Crippen LogP contribution is -2.64. The van der Waals surface area contributed by atoms with Crippen molar-refractivity contribution < 1.29 is 0 Å². The molecular formula is C13H21N7S. The predicted molar refractivity (Wildman–Crippen MR) is 85.2 cm³/mol. The molecule has 0 radical (unpaired) electrons. The van der Waals surface area contributed by atoms with Crippen molar-refractivity contribution in [1.29, 1.82) is 0 Å². The molecule has 0 spiro atoms. The number of likely N-dealkylation sites (N-methyl/N-ethyl adjacent to an activating group) is 1. The fourth-order valence-corrected chi connectivity index (χ4v) is 4.11. The molecule has 2 fully saturated rings. The van der Waals surface area contributed by atoms with Gasteiger partial charge in [-0.1, -0.05) is 11.8 Å². The molecule has 0 aromatic heterocycles. The van der Waals surface area contributed by atoms with E-state index >= 15 is 0 Å². The first-order valence-corrected chi connectivity index (χ1v) is 8.19. The largest absolute Gasteiger partial charge is 0.332 e. The molecule has 8 heteroatoms. The maximum atomic E-state index is 4.60. The first-order chi connectivity index (χ1) is 10.3. The van der Waals surface area contributed by atoms with Crippen molar-refractivity contribution >= 4 is 17.5 Å². The van der Waals surface area contributed by atoms with E-state index in [-0.39, 0.29) is 12.3 Å². The van der Waals surface area contributed by atoms with E-state index in [9.17, 15) is 0 Å². The van der Waals surface area contributed by atoms with Crippen LogP contribution in [0.25, 0.3) is 0 Å². The van der Waals surface area contributed by atoms with Gasteiger partial charge in [0.15, 0.2) is 0 Å². The summed E-state index contributed by atoms with van der Waals surface area (Å²) in [4.78, 5) is 10.6. The SMILES string of the molecule is CN1CNCC1C1=CN(C2NCNC3NCN=C32)C=CS1. The molecule has 7 nitrogen and oxygen atoms in total. The van der Waals surface area contributed by atoms with Gasteiger partial charge in [0.05, 0.1) is 18.4 Å². The van der Waals surface area contributed by atoms with Crippen LogP contribution in [0.1, 0.15) is 0 Å². The number of hydrogen-bond acceptors (Lipinski definition) is 8. The first kappa shape index (κ1) is 13.7. The number of hydrogen-bond donors (Lipinski definition) is 4. The topological polar surface area (TPSA) is 67.0 Å². The molecule has 4 aliphatic rings. The highest BCUT2D eigenvalue weighted by molar-refractivity contribution is 8.05. The number of nitrogens with zero attached hydrogens (tertiary/aromatic N) is 3. The van der Waals surface area contributed by atoms with Gasteiger partial charge >= 0.3 is 0 Å². The maximum Gasteiger partial charge on any atom is 0.126 e. The quantitative estimate of drug-likeness (QED) is 0.522. The molecule has 0 aromatic carbocycles. The lowest BCUT2D eigenvalue weighted by atomic mass is 10.2. The van der Waals surface area contributed by atoms with Crippen molar-refractivity contribution in [2.75, 3.05) is 33.6 Å². The monoisotopic (exact) mass is 307 g/mol. The summed E-state index contributed by atoms with van der Waals surface area (Å²) in [5.41, 5.74) is 1.14. The summed E-state index contributed by atoms with van der Waals surface area (Å²) in [6.07, 6.45) is 4.74. The van der Waals surface area contributed by atoms with Crippen LogP contribution in [0, 0.1) is 0 Å². The van der Waals surface area contributed by atoms with Crippen molar-refractivity contribution in [2.45, 2.75) is 18.4 Å². The van der Waals surface area contributed by atoms with Crippen molar-refractivity contribution in [3.63, 3.8) is 0 Å². The minimum atomic E-state index is 0.137. The van der Waals surface area contributed by atoms with E-state index in [4.69, 9.17) is 0 Å². The molecule has 114 valence electrons. The number of thioether (sulfide) groups is 1. The van der Waals surface area contributed by atoms with Crippen molar-refractivity contribution in [2.24, 2.45) is 4.99 Å². The average Bonchev–Trinajstić information content (AvgIpc) is 3.15. The molecule has 0 bridgehead atoms. The Kier molecular flexibility index (Phi) is 3.74. The summed E-state index contributed by atoms with van der Waals surface area (Å²) < 4.78 is 0. The second kappa shape index (κ2) is 5.71. The van der Waals surface area contributed by atoms with E-state index in [1.54, 1.807) is 0 Å². The Morgan fingerprint density at radius 2 is 2.29 bits per heavy atom. The third-order valence-corrected chi connectivity index (χ3v) is 5.21. The minimum Gasteiger partial charge on any atom is -0.332 e. The minimum absolute atomic E-state index is 0.137. The van der Waals surface area contributed by atoms with E-state index < -0.39 is 0 Å². The Hall–Kier alpha value is -0.900. The van der Waals surface area contributed by atoms with E-state index in [0.29, 0.717) is 12.7 Å². The van der Waals surface area contributed by atoms with E-state index in [1.165, 1.54) is 4.91 Å². The second-order valence-corrected chi connectivity index (χ2v) is 6.61. The highest BCUT2D eigenvalue weighted by Crippen LogP contribution is 2.30. The maximum absolute atomic E-state index is 4.60. The Labute approximate surface area is 128 Å². The first-order valence-electron chi connectivity index (χ1n) is 7.31. The molecule has 2 saturated heterocycles. The van der Waals surface area contributed by atoms with Crippen molar-refractivity contribution in [3.05, 3.63) is 22.7 Å². The smallest absolute Gasteiger partial charge is 0.126 e. The lowest BCUT2D eigenvalue weighted by Gasteiger charge is -2.37. The van der Waals surface area contributed by atoms with Crippen LogP contribution in [-0.4, -0.2) is 67.5 Å². The Balaban J connectivity index is 1.55. The van der Waals surface area contributed by atoms with Crippen LogP contribution in [0.5, 0.6) is 0 Å². The molecule has 0 aliphatic carbocycles. The van der Waals surface area contributed by atoms with Crippen LogP contribution >= 0.6 is 11.8 Å². The number of fused-ring (bicyclic) bond motifs is 1. The highest BCUT2D eigenvalue weighted by atomic mass is 32.2. The summed E-state index contributed by atoms with van der Waals surface area (Å²) in [6, 6.07) is 0.462. The molecular weight excluding hydrogens is 286 g/mol. The van der Waals surface area contributed by atoms with Crippen molar-refractivity contribution in [3.8, 4) is 0 Å². The lowest BCUT2D eigenvalue weighted by molar-refractivity contribution is 0.317. The molecule has 4 rings (SSSR count).